The molecule has 100 valence electrons. The molecule has 0 aliphatic rings. The van der Waals surface area contributed by atoms with Gasteiger partial charge in [-0.2, -0.15) is 0 Å². The Kier molecular flexibility index (Phi) is 3.95. The fourth-order valence-electron chi connectivity index (χ4n) is 1.91. The molecule has 2 aromatic rings. The normalized spacial score (nSPS) is 10.3. The van der Waals surface area contributed by atoms with E-state index < -0.39 is 0 Å². The highest BCUT2D eigenvalue weighted by Gasteiger charge is 2.03. The lowest BCUT2D eigenvalue weighted by atomic mass is 10.1. The SMILES string of the molecule is COc1cc(N)cc(COc2cc(C)ccc2C)c1. The fraction of sp³-hybridized carbons (Fsp3) is 0.250. The third-order valence-corrected chi connectivity index (χ3v) is 2.96. The summed E-state index contributed by atoms with van der Waals surface area (Å²) < 4.78 is 11.0. The van der Waals surface area contributed by atoms with Crippen molar-refractivity contribution < 1.29 is 9.47 Å². The number of ether oxygens (including phenoxy) is 2. The van der Waals surface area contributed by atoms with Crippen molar-refractivity contribution in [1.82, 2.24) is 0 Å². The third-order valence-electron chi connectivity index (χ3n) is 2.96. The monoisotopic (exact) mass is 257 g/mol. The molecule has 2 aromatic carbocycles. The van der Waals surface area contributed by atoms with Gasteiger partial charge in [0.15, 0.2) is 0 Å². The molecule has 0 fully saturated rings. The first-order valence-electron chi connectivity index (χ1n) is 6.22. The summed E-state index contributed by atoms with van der Waals surface area (Å²) in [7, 11) is 1.63. The van der Waals surface area contributed by atoms with E-state index in [-0.39, 0.29) is 0 Å². The summed E-state index contributed by atoms with van der Waals surface area (Å²) in [5, 5.41) is 0. The molecular formula is C16H19NO2. The Labute approximate surface area is 114 Å². The van der Waals surface area contributed by atoms with Crippen molar-refractivity contribution in [2.24, 2.45) is 0 Å². The Hall–Kier alpha value is -2.16. The van der Waals surface area contributed by atoms with Gasteiger partial charge in [-0.05, 0) is 48.7 Å². The van der Waals surface area contributed by atoms with Crippen molar-refractivity contribution in [2.45, 2.75) is 20.5 Å². The lowest BCUT2D eigenvalue weighted by Gasteiger charge is -2.11. The van der Waals surface area contributed by atoms with Crippen molar-refractivity contribution in [2.75, 3.05) is 12.8 Å². The summed E-state index contributed by atoms with van der Waals surface area (Å²) in [5.41, 5.74) is 9.81. The van der Waals surface area contributed by atoms with Gasteiger partial charge in [-0.1, -0.05) is 12.1 Å². The van der Waals surface area contributed by atoms with Crippen LogP contribution in [0.25, 0.3) is 0 Å². The van der Waals surface area contributed by atoms with E-state index in [1.54, 1.807) is 13.2 Å². The van der Waals surface area contributed by atoms with E-state index in [1.165, 1.54) is 5.56 Å². The number of nitrogen functional groups attached to an aromatic ring is 1. The first kappa shape index (κ1) is 13.3. The average Bonchev–Trinajstić information content (AvgIpc) is 2.39. The summed E-state index contributed by atoms with van der Waals surface area (Å²) in [6.07, 6.45) is 0. The standard InChI is InChI=1S/C16H19NO2/c1-11-4-5-12(2)16(6-11)19-10-13-7-14(17)9-15(8-13)18-3/h4-9H,10,17H2,1-3H3. The lowest BCUT2D eigenvalue weighted by Crippen LogP contribution is -1.99. The second-order valence-electron chi connectivity index (χ2n) is 4.67. The van der Waals surface area contributed by atoms with Gasteiger partial charge in [0.2, 0.25) is 0 Å². The van der Waals surface area contributed by atoms with Crippen LogP contribution < -0.4 is 15.2 Å². The third kappa shape index (κ3) is 3.41. The van der Waals surface area contributed by atoms with Crippen molar-refractivity contribution in [3.05, 3.63) is 53.1 Å². The van der Waals surface area contributed by atoms with Crippen LogP contribution in [0.4, 0.5) is 5.69 Å². The maximum Gasteiger partial charge on any atom is 0.122 e. The zero-order valence-electron chi connectivity index (χ0n) is 11.6. The largest absolute Gasteiger partial charge is 0.497 e. The number of benzene rings is 2. The Morgan fingerprint density at radius 2 is 1.84 bits per heavy atom. The zero-order chi connectivity index (χ0) is 13.8. The van der Waals surface area contributed by atoms with Gasteiger partial charge in [0.1, 0.15) is 18.1 Å². The van der Waals surface area contributed by atoms with Gasteiger partial charge in [0.25, 0.3) is 0 Å². The minimum absolute atomic E-state index is 0.478. The van der Waals surface area contributed by atoms with Crippen LogP contribution in [0, 0.1) is 13.8 Å². The topological polar surface area (TPSA) is 44.5 Å². The fourth-order valence-corrected chi connectivity index (χ4v) is 1.91. The molecule has 0 aliphatic carbocycles. The Morgan fingerprint density at radius 1 is 1.05 bits per heavy atom. The zero-order valence-corrected chi connectivity index (χ0v) is 11.6. The molecule has 0 aromatic heterocycles. The molecule has 0 radical (unpaired) electrons. The van der Waals surface area contributed by atoms with Gasteiger partial charge in [-0.3, -0.25) is 0 Å². The van der Waals surface area contributed by atoms with Gasteiger partial charge >= 0.3 is 0 Å². The number of aryl methyl sites for hydroxylation is 2. The second kappa shape index (κ2) is 5.65. The first-order valence-corrected chi connectivity index (χ1v) is 6.22. The van der Waals surface area contributed by atoms with Crippen LogP contribution in [0.2, 0.25) is 0 Å². The molecular weight excluding hydrogens is 238 g/mol. The molecule has 19 heavy (non-hydrogen) atoms. The summed E-state index contributed by atoms with van der Waals surface area (Å²) in [5.74, 6) is 1.65. The number of anilines is 1. The molecule has 0 heterocycles. The van der Waals surface area contributed by atoms with Crippen molar-refractivity contribution in [3.8, 4) is 11.5 Å². The van der Waals surface area contributed by atoms with Crippen LogP contribution in [0.1, 0.15) is 16.7 Å². The van der Waals surface area contributed by atoms with E-state index in [4.69, 9.17) is 15.2 Å². The number of rotatable bonds is 4. The summed E-state index contributed by atoms with van der Waals surface area (Å²) >= 11 is 0. The van der Waals surface area contributed by atoms with Gasteiger partial charge < -0.3 is 15.2 Å². The molecule has 0 bridgehead atoms. The maximum absolute atomic E-state index is 5.85. The Bertz CT molecular complexity index is 579. The van der Waals surface area contributed by atoms with E-state index in [9.17, 15) is 0 Å². The quantitative estimate of drug-likeness (QED) is 0.853. The molecule has 0 saturated carbocycles. The highest BCUT2D eigenvalue weighted by molar-refractivity contribution is 5.47. The van der Waals surface area contributed by atoms with Crippen molar-refractivity contribution in [3.63, 3.8) is 0 Å². The van der Waals surface area contributed by atoms with Gasteiger partial charge in [0.05, 0.1) is 7.11 Å². The molecule has 0 amide bonds. The Balaban J connectivity index is 2.14. The van der Waals surface area contributed by atoms with E-state index in [1.807, 2.05) is 25.1 Å². The molecule has 2 rings (SSSR count). The number of hydrogen-bond donors (Lipinski definition) is 1. The van der Waals surface area contributed by atoms with Crippen LogP contribution in [0.3, 0.4) is 0 Å². The van der Waals surface area contributed by atoms with Crippen LogP contribution >= 0.6 is 0 Å². The van der Waals surface area contributed by atoms with Crippen molar-refractivity contribution in [1.29, 1.82) is 0 Å². The van der Waals surface area contributed by atoms with Gasteiger partial charge in [-0.15, -0.1) is 0 Å². The van der Waals surface area contributed by atoms with Gasteiger partial charge in [0, 0.05) is 11.8 Å². The van der Waals surface area contributed by atoms with Gasteiger partial charge in [-0.25, -0.2) is 0 Å². The molecule has 0 atom stereocenters. The van der Waals surface area contributed by atoms with Crippen LogP contribution in [0.15, 0.2) is 36.4 Å². The smallest absolute Gasteiger partial charge is 0.122 e. The maximum atomic E-state index is 5.85. The molecule has 3 nitrogen and oxygen atoms in total. The van der Waals surface area contributed by atoms with E-state index >= 15 is 0 Å². The van der Waals surface area contributed by atoms with Crippen molar-refractivity contribution >= 4 is 5.69 Å². The molecule has 0 saturated heterocycles. The average molecular weight is 257 g/mol. The highest BCUT2D eigenvalue weighted by Crippen LogP contribution is 2.23. The Morgan fingerprint density at radius 3 is 2.58 bits per heavy atom. The minimum Gasteiger partial charge on any atom is -0.497 e. The minimum atomic E-state index is 0.478. The van der Waals surface area contributed by atoms with E-state index in [0.29, 0.717) is 12.3 Å². The van der Waals surface area contributed by atoms with Crippen LogP contribution in [-0.2, 0) is 6.61 Å². The molecule has 3 heteroatoms. The first-order chi connectivity index (χ1) is 9.08. The molecule has 0 aliphatic heterocycles. The van der Waals surface area contributed by atoms with E-state index in [0.717, 1.165) is 22.6 Å². The summed E-state index contributed by atoms with van der Waals surface area (Å²) in [4.78, 5) is 0. The second-order valence-corrected chi connectivity index (χ2v) is 4.67. The molecule has 0 unspecified atom stereocenters. The summed E-state index contributed by atoms with van der Waals surface area (Å²) in [6, 6.07) is 11.8. The summed E-state index contributed by atoms with van der Waals surface area (Å²) in [6.45, 7) is 4.57. The predicted octanol–water partition coefficient (Wildman–Crippen LogP) is 3.47. The van der Waals surface area contributed by atoms with E-state index in [2.05, 4.69) is 19.1 Å². The van der Waals surface area contributed by atoms with Crippen LogP contribution in [0.5, 0.6) is 11.5 Å². The highest BCUT2D eigenvalue weighted by atomic mass is 16.5. The molecule has 2 N–H and O–H groups in total. The lowest BCUT2D eigenvalue weighted by molar-refractivity contribution is 0.303. The number of nitrogens with two attached hydrogens (primary N) is 1. The number of methoxy groups -OCH3 is 1. The predicted molar refractivity (Wildman–Crippen MR) is 77.7 cm³/mol. The number of hydrogen-bond acceptors (Lipinski definition) is 3. The van der Waals surface area contributed by atoms with Crippen LogP contribution in [-0.4, -0.2) is 7.11 Å². The molecule has 0 spiro atoms.